The summed E-state index contributed by atoms with van der Waals surface area (Å²) in [6.45, 7) is 9.87. The van der Waals surface area contributed by atoms with Crippen LogP contribution in [0.25, 0.3) is 0 Å². The lowest BCUT2D eigenvalue weighted by atomic mass is 9.98. The van der Waals surface area contributed by atoms with Crippen LogP contribution in [-0.2, 0) is 5.41 Å². The van der Waals surface area contributed by atoms with Crippen LogP contribution in [0, 0.1) is 5.92 Å². The standard InChI is InChI=1S/C14H23N3OS/c1-9-5-10(6-15)8-17(9)12(18)11-7-16-13(19-11)14(2,3)4/h7,9-10H,5-6,8,15H2,1-4H3. The molecule has 5 heteroatoms. The minimum Gasteiger partial charge on any atom is -0.335 e. The van der Waals surface area contributed by atoms with Crippen LogP contribution in [-0.4, -0.2) is 34.9 Å². The van der Waals surface area contributed by atoms with Crippen molar-refractivity contribution < 1.29 is 4.79 Å². The van der Waals surface area contributed by atoms with Gasteiger partial charge in [-0.2, -0.15) is 0 Å². The molecule has 0 radical (unpaired) electrons. The molecule has 1 aromatic rings. The summed E-state index contributed by atoms with van der Waals surface area (Å²) in [6, 6.07) is 0.279. The normalized spacial score (nSPS) is 23.9. The third kappa shape index (κ3) is 2.98. The van der Waals surface area contributed by atoms with Crippen molar-refractivity contribution in [2.45, 2.75) is 45.6 Å². The molecule has 0 aromatic carbocycles. The molecule has 1 aromatic heterocycles. The number of thiazole rings is 1. The van der Waals surface area contributed by atoms with Crippen molar-refractivity contribution >= 4 is 17.2 Å². The zero-order valence-electron chi connectivity index (χ0n) is 12.1. The Morgan fingerprint density at radius 1 is 1.58 bits per heavy atom. The molecule has 0 aliphatic carbocycles. The maximum absolute atomic E-state index is 12.5. The highest BCUT2D eigenvalue weighted by molar-refractivity contribution is 7.13. The summed E-state index contributed by atoms with van der Waals surface area (Å²) in [5.41, 5.74) is 5.71. The monoisotopic (exact) mass is 281 g/mol. The van der Waals surface area contributed by atoms with Gasteiger partial charge < -0.3 is 10.6 Å². The van der Waals surface area contributed by atoms with Crippen molar-refractivity contribution in [3.05, 3.63) is 16.1 Å². The highest BCUT2D eigenvalue weighted by Crippen LogP contribution is 2.30. The van der Waals surface area contributed by atoms with E-state index in [1.165, 1.54) is 11.3 Å². The minimum absolute atomic E-state index is 0.000381. The molecule has 2 atom stereocenters. The number of nitrogens with zero attached hydrogens (tertiary/aromatic N) is 2. The Balaban J connectivity index is 2.14. The van der Waals surface area contributed by atoms with E-state index in [1.54, 1.807) is 6.20 Å². The maximum Gasteiger partial charge on any atom is 0.265 e. The van der Waals surface area contributed by atoms with Gasteiger partial charge in [-0.3, -0.25) is 4.79 Å². The van der Waals surface area contributed by atoms with Crippen LogP contribution in [0.15, 0.2) is 6.20 Å². The number of hydrogen-bond donors (Lipinski definition) is 1. The van der Waals surface area contributed by atoms with Crippen molar-refractivity contribution in [3.8, 4) is 0 Å². The average molecular weight is 281 g/mol. The van der Waals surface area contributed by atoms with Crippen LogP contribution in [0.1, 0.15) is 48.8 Å². The second-order valence-corrected chi connectivity index (χ2v) is 7.45. The van der Waals surface area contributed by atoms with Gasteiger partial charge in [-0.1, -0.05) is 20.8 Å². The minimum atomic E-state index is -0.000381. The first-order valence-electron chi connectivity index (χ1n) is 6.80. The van der Waals surface area contributed by atoms with E-state index < -0.39 is 0 Å². The number of carbonyl (C=O) groups excluding carboxylic acids is 1. The van der Waals surface area contributed by atoms with E-state index >= 15 is 0 Å². The summed E-state index contributed by atoms with van der Waals surface area (Å²) >= 11 is 1.51. The lowest BCUT2D eigenvalue weighted by molar-refractivity contribution is 0.0748. The molecule has 106 valence electrons. The number of aromatic nitrogens is 1. The second-order valence-electron chi connectivity index (χ2n) is 6.42. The third-order valence-corrected chi connectivity index (χ3v) is 5.02. The molecule has 1 aliphatic heterocycles. The van der Waals surface area contributed by atoms with Gasteiger partial charge in [-0.15, -0.1) is 11.3 Å². The Hall–Kier alpha value is -0.940. The maximum atomic E-state index is 12.5. The molecule has 1 fully saturated rings. The fraction of sp³-hybridized carbons (Fsp3) is 0.714. The van der Waals surface area contributed by atoms with Crippen molar-refractivity contribution in [3.63, 3.8) is 0 Å². The van der Waals surface area contributed by atoms with E-state index in [0.717, 1.165) is 22.9 Å². The number of hydrogen-bond acceptors (Lipinski definition) is 4. The molecule has 0 spiro atoms. The van der Waals surface area contributed by atoms with E-state index in [-0.39, 0.29) is 17.4 Å². The Bertz CT molecular complexity index is 464. The molecule has 19 heavy (non-hydrogen) atoms. The van der Waals surface area contributed by atoms with Gasteiger partial charge >= 0.3 is 0 Å². The van der Waals surface area contributed by atoms with Gasteiger partial charge in [0.15, 0.2) is 0 Å². The zero-order valence-corrected chi connectivity index (χ0v) is 13.0. The molecule has 0 bridgehead atoms. The Labute approximate surface area is 119 Å². The number of carbonyl (C=O) groups is 1. The predicted octanol–water partition coefficient (Wildman–Crippen LogP) is 2.25. The van der Waals surface area contributed by atoms with E-state index in [0.29, 0.717) is 12.5 Å². The van der Waals surface area contributed by atoms with E-state index in [9.17, 15) is 4.79 Å². The smallest absolute Gasteiger partial charge is 0.265 e. The predicted molar refractivity (Wildman–Crippen MR) is 78.5 cm³/mol. The largest absolute Gasteiger partial charge is 0.335 e. The molecule has 1 amide bonds. The van der Waals surface area contributed by atoms with Crippen LogP contribution >= 0.6 is 11.3 Å². The molecule has 4 nitrogen and oxygen atoms in total. The van der Waals surface area contributed by atoms with Crippen LogP contribution in [0.5, 0.6) is 0 Å². The van der Waals surface area contributed by atoms with Gasteiger partial charge in [-0.05, 0) is 25.8 Å². The number of rotatable bonds is 2. The quantitative estimate of drug-likeness (QED) is 0.904. The molecule has 1 saturated heterocycles. The van der Waals surface area contributed by atoms with E-state index in [1.807, 2.05) is 4.90 Å². The van der Waals surface area contributed by atoms with Crippen molar-refractivity contribution in [1.29, 1.82) is 0 Å². The summed E-state index contributed by atoms with van der Waals surface area (Å²) in [6.07, 6.45) is 2.73. The number of nitrogens with two attached hydrogens (primary N) is 1. The first-order chi connectivity index (χ1) is 8.82. The van der Waals surface area contributed by atoms with Gasteiger partial charge in [0.1, 0.15) is 4.88 Å². The third-order valence-electron chi connectivity index (χ3n) is 3.61. The molecule has 2 N–H and O–H groups in total. The summed E-state index contributed by atoms with van der Waals surface area (Å²) in [5, 5.41) is 1.01. The highest BCUT2D eigenvalue weighted by atomic mass is 32.1. The molecular weight excluding hydrogens is 258 g/mol. The van der Waals surface area contributed by atoms with Crippen LogP contribution in [0.2, 0.25) is 0 Å². The topological polar surface area (TPSA) is 59.2 Å². The molecule has 2 unspecified atom stereocenters. The van der Waals surface area contributed by atoms with Gasteiger partial charge in [0.2, 0.25) is 0 Å². The lowest BCUT2D eigenvalue weighted by Gasteiger charge is -2.20. The average Bonchev–Trinajstić information content (AvgIpc) is 2.93. The summed E-state index contributed by atoms with van der Waals surface area (Å²) in [5.74, 6) is 0.547. The van der Waals surface area contributed by atoms with Gasteiger partial charge in [-0.25, -0.2) is 4.98 Å². The molecule has 0 saturated carbocycles. The van der Waals surface area contributed by atoms with Gasteiger partial charge in [0, 0.05) is 18.0 Å². The van der Waals surface area contributed by atoms with Crippen LogP contribution in [0.3, 0.4) is 0 Å². The van der Waals surface area contributed by atoms with Crippen LogP contribution in [0.4, 0.5) is 0 Å². The zero-order chi connectivity index (χ0) is 14.2. The van der Waals surface area contributed by atoms with Crippen LogP contribution < -0.4 is 5.73 Å². The summed E-state index contributed by atoms with van der Waals surface area (Å²) < 4.78 is 0. The Morgan fingerprint density at radius 2 is 2.26 bits per heavy atom. The molecule has 2 heterocycles. The molecular formula is C14H23N3OS. The Morgan fingerprint density at radius 3 is 2.74 bits per heavy atom. The summed E-state index contributed by atoms with van der Waals surface area (Å²) in [4.78, 5) is 19.6. The number of amides is 1. The first kappa shape index (κ1) is 14.5. The van der Waals surface area contributed by atoms with Gasteiger partial charge in [0.25, 0.3) is 5.91 Å². The van der Waals surface area contributed by atoms with Crippen molar-refractivity contribution in [2.24, 2.45) is 11.7 Å². The van der Waals surface area contributed by atoms with Gasteiger partial charge in [0.05, 0.1) is 11.2 Å². The van der Waals surface area contributed by atoms with E-state index in [4.69, 9.17) is 5.73 Å². The summed E-state index contributed by atoms with van der Waals surface area (Å²) in [7, 11) is 0. The van der Waals surface area contributed by atoms with Crippen molar-refractivity contribution in [2.75, 3.05) is 13.1 Å². The molecule has 1 aliphatic rings. The Kier molecular flexibility index (Phi) is 3.97. The lowest BCUT2D eigenvalue weighted by Crippen LogP contribution is -2.33. The highest BCUT2D eigenvalue weighted by Gasteiger charge is 2.33. The fourth-order valence-corrected chi connectivity index (χ4v) is 3.39. The number of likely N-dealkylation sites (tertiary alicyclic amines) is 1. The fourth-order valence-electron chi connectivity index (χ4n) is 2.46. The molecule has 2 rings (SSSR count). The first-order valence-corrected chi connectivity index (χ1v) is 7.62. The second kappa shape index (κ2) is 5.21. The van der Waals surface area contributed by atoms with Crippen molar-refractivity contribution in [1.82, 2.24) is 9.88 Å². The SMILES string of the molecule is CC1CC(CN)CN1C(=O)c1cnc(C(C)(C)C)s1. The van der Waals surface area contributed by atoms with E-state index in [2.05, 4.69) is 32.7 Å².